The molecule has 3 heterocycles. The van der Waals surface area contributed by atoms with Crippen LogP contribution in [-0.4, -0.2) is 33.6 Å². The maximum absolute atomic E-state index is 12.5. The minimum absolute atomic E-state index is 0.0642. The monoisotopic (exact) mass is 318 g/mol. The van der Waals surface area contributed by atoms with E-state index < -0.39 is 0 Å². The van der Waals surface area contributed by atoms with Gasteiger partial charge in [-0.15, -0.1) is 11.3 Å². The third kappa shape index (κ3) is 3.16. The first-order chi connectivity index (χ1) is 10.8. The second-order valence-electron chi connectivity index (χ2n) is 5.55. The summed E-state index contributed by atoms with van der Waals surface area (Å²) in [6.45, 7) is 4.54. The Kier molecular flexibility index (Phi) is 4.77. The first-order valence-electron chi connectivity index (χ1n) is 7.86. The number of imidazole rings is 1. The lowest BCUT2D eigenvalue weighted by molar-refractivity contribution is 0.167. The molecule has 0 bridgehead atoms. The second kappa shape index (κ2) is 6.96. The van der Waals surface area contributed by atoms with Gasteiger partial charge in [0.25, 0.3) is 0 Å². The predicted molar refractivity (Wildman–Crippen MR) is 88.0 cm³/mol. The van der Waals surface area contributed by atoms with E-state index in [2.05, 4.69) is 28.7 Å². The molecule has 0 radical (unpaired) electrons. The molecule has 0 aromatic carbocycles. The number of rotatable bonds is 5. The number of carbonyl (C=O) groups is 1. The minimum atomic E-state index is 0.0642. The average molecular weight is 318 g/mol. The summed E-state index contributed by atoms with van der Waals surface area (Å²) in [6, 6.07) is 2.46. The molecule has 118 valence electrons. The molecule has 2 aromatic rings. The van der Waals surface area contributed by atoms with Crippen molar-refractivity contribution in [3.63, 3.8) is 0 Å². The average Bonchev–Trinajstić information content (AvgIpc) is 3.21. The van der Waals surface area contributed by atoms with Gasteiger partial charge >= 0.3 is 6.03 Å². The Morgan fingerprint density at radius 2 is 2.45 bits per heavy atom. The summed E-state index contributed by atoms with van der Waals surface area (Å²) in [6.07, 6.45) is 8.38. The number of thiophene rings is 1. The zero-order valence-corrected chi connectivity index (χ0v) is 13.7. The van der Waals surface area contributed by atoms with Gasteiger partial charge in [0.15, 0.2) is 0 Å². The molecule has 0 saturated heterocycles. The lowest BCUT2D eigenvalue weighted by atomic mass is 9.98. The third-order valence-electron chi connectivity index (χ3n) is 4.17. The van der Waals surface area contributed by atoms with Crippen molar-refractivity contribution in [3.05, 3.63) is 40.6 Å². The number of carbonyl (C=O) groups excluding carboxylic acids is 1. The summed E-state index contributed by atoms with van der Waals surface area (Å²) in [5, 5.41) is 5.20. The normalized spacial score (nSPS) is 17.3. The number of hydrogen-bond acceptors (Lipinski definition) is 3. The molecule has 0 aliphatic carbocycles. The van der Waals surface area contributed by atoms with Gasteiger partial charge in [0, 0.05) is 36.9 Å². The Labute approximate surface area is 135 Å². The fourth-order valence-electron chi connectivity index (χ4n) is 3.06. The van der Waals surface area contributed by atoms with Crippen LogP contribution in [0.1, 0.15) is 36.2 Å². The van der Waals surface area contributed by atoms with Crippen molar-refractivity contribution in [2.45, 2.75) is 38.8 Å². The third-order valence-corrected chi connectivity index (χ3v) is 5.17. The summed E-state index contributed by atoms with van der Waals surface area (Å²) >= 11 is 1.81. The molecular formula is C16H22N4OS. The topological polar surface area (TPSA) is 50.2 Å². The molecular weight excluding hydrogens is 296 g/mol. The van der Waals surface area contributed by atoms with Gasteiger partial charge < -0.3 is 14.8 Å². The number of urea groups is 1. The van der Waals surface area contributed by atoms with Gasteiger partial charge in [-0.3, -0.25) is 0 Å². The highest BCUT2D eigenvalue weighted by atomic mass is 32.1. The highest BCUT2D eigenvalue weighted by Gasteiger charge is 2.29. The first-order valence-corrected chi connectivity index (χ1v) is 8.74. The van der Waals surface area contributed by atoms with Crippen molar-refractivity contribution >= 4 is 17.4 Å². The SMILES string of the molecule is CC[C@@H]1c2ccsc2CCN1C(=O)NCCCn1ccnc1. The van der Waals surface area contributed by atoms with E-state index in [-0.39, 0.29) is 12.1 Å². The van der Waals surface area contributed by atoms with Gasteiger partial charge in [0.2, 0.25) is 0 Å². The van der Waals surface area contributed by atoms with Gasteiger partial charge in [-0.2, -0.15) is 0 Å². The van der Waals surface area contributed by atoms with Crippen LogP contribution in [0.4, 0.5) is 4.79 Å². The molecule has 5 nitrogen and oxygen atoms in total. The zero-order chi connectivity index (χ0) is 15.4. The van der Waals surface area contributed by atoms with Crippen LogP contribution in [0.15, 0.2) is 30.2 Å². The van der Waals surface area contributed by atoms with Crippen molar-refractivity contribution in [3.8, 4) is 0 Å². The molecule has 2 amide bonds. The fraction of sp³-hybridized carbons (Fsp3) is 0.500. The molecule has 1 aliphatic rings. The highest BCUT2D eigenvalue weighted by Crippen LogP contribution is 2.34. The van der Waals surface area contributed by atoms with E-state index in [0.29, 0.717) is 6.54 Å². The molecule has 1 N–H and O–H groups in total. The quantitative estimate of drug-likeness (QED) is 0.862. The van der Waals surface area contributed by atoms with Crippen LogP contribution in [0.3, 0.4) is 0 Å². The van der Waals surface area contributed by atoms with E-state index in [1.54, 1.807) is 12.5 Å². The molecule has 2 aromatic heterocycles. The Hall–Kier alpha value is -1.82. The van der Waals surface area contributed by atoms with E-state index in [0.717, 1.165) is 32.4 Å². The Balaban J connectivity index is 1.51. The molecule has 22 heavy (non-hydrogen) atoms. The zero-order valence-electron chi connectivity index (χ0n) is 12.9. The summed E-state index contributed by atoms with van der Waals surface area (Å²) in [7, 11) is 0. The van der Waals surface area contributed by atoms with Crippen LogP contribution in [0.2, 0.25) is 0 Å². The Bertz CT molecular complexity index is 607. The standard InChI is InChI=1S/C16H22N4OS/c1-2-14-13-5-11-22-15(13)4-9-20(14)16(21)18-6-3-8-19-10-7-17-12-19/h5,7,10-12,14H,2-4,6,8-9H2,1H3,(H,18,21)/t14-/m1/s1. The van der Waals surface area contributed by atoms with Crippen LogP contribution < -0.4 is 5.32 Å². The molecule has 0 fully saturated rings. The van der Waals surface area contributed by atoms with Crippen LogP contribution in [0, 0.1) is 0 Å². The maximum atomic E-state index is 12.5. The van der Waals surface area contributed by atoms with Gasteiger partial charge in [0.05, 0.1) is 12.4 Å². The molecule has 1 aliphatic heterocycles. The number of aromatic nitrogens is 2. The van der Waals surface area contributed by atoms with Gasteiger partial charge in [-0.05, 0) is 36.3 Å². The van der Waals surface area contributed by atoms with Gasteiger partial charge in [0.1, 0.15) is 0 Å². The molecule has 1 atom stereocenters. The van der Waals surface area contributed by atoms with Gasteiger partial charge in [-0.25, -0.2) is 9.78 Å². The lowest BCUT2D eigenvalue weighted by Gasteiger charge is -2.35. The molecule has 0 saturated carbocycles. The van der Waals surface area contributed by atoms with Crippen molar-refractivity contribution in [2.75, 3.05) is 13.1 Å². The van der Waals surface area contributed by atoms with Crippen molar-refractivity contribution < 1.29 is 4.79 Å². The molecule has 0 spiro atoms. The largest absolute Gasteiger partial charge is 0.338 e. The number of nitrogens with one attached hydrogen (secondary N) is 1. The lowest BCUT2D eigenvalue weighted by Crippen LogP contribution is -2.45. The predicted octanol–water partition coefficient (Wildman–Crippen LogP) is 3.05. The molecule has 3 rings (SSSR count). The summed E-state index contributed by atoms with van der Waals surface area (Å²) in [4.78, 5) is 19.9. The number of fused-ring (bicyclic) bond motifs is 1. The number of hydrogen-bond donors (Lipinski definition) is 1. The fourth-order valence-corrected chi connectivity index (χ4v) is 3.99. The Morgan fingerprint density at radius 1 is 1.55 bits per heavy atom. The summed E-state index contributed by atoms with van der Waals surface area (Å²) in [5.41, 5.74) is 1.34. The number of aryl methyl sites for hydroxylation is 1. The van der Waals surface area contributed by atoms with E-state index in [1.807, 2.05) is 27.0 Å². The van der Waals surface area contributed by atoms with Crippen molar-refractivity contribution in [1.29, 1.82) is 0 Å². The first kappa shape index (κ1) is 15.1. The van der Waals surface area contributed by atoms with Crippen molar-refractivity contribution in [1.82, 2.24) is 19.8 Å². The van der Waals surface area contributed by atoms with E-state index in [4.69, 9.17) is 0 Å². The number of amides is 2. The van der Waals surface area contributed by atoms with E-state index >= 15 is 0 Å². The highest BCUT2D eigenvalue weighted by molar-refractivity contribution is 7.10. The summed E-state index contributed by atoms with van der Waals surface area (Å²) < 4.78 is 2.03. The minimum Gasteiger partial charge on any atom is -0.338 e. The maximum Gasteiger partial charge on any atom is 0.317 e. The van der Waals surface area contributed by atoms with Gasteiger partial charge in [-0.1, -0.05) is 6.92 Å². The van der Waals surface area contributed by atoms with Crippen LogP contribution in [-0.2, 0) is 13.0 Å². The molecule has 0 unspecified atom stereocenters. The molecule has 6 heteroatoms. The second-order valence-corrected chi connectivity index (χ2v) is 6.55. The number of nitrogens with zero attached hydrogens (tertiary/aromatic N) is 3. The Morgan fingerprint density at radius 3 is 3.23 bits per heavy atom. The van der Waals surface area contributed by atoms with Crippen LogP contribution in [0.5, 0.6) is 0 Å². The van der Waals surface area contributed by atoms with Crippen molar-refractivity contribution in [2.24, 2.45) is 0 Å². The summed E-state index contributed by atoms with van der Waals surface area (Å²) in [5.74, 6) is 0. The smallest absolute Gasteiger partial charge is 0.317 e. The van der Waals surface area contributed by atoms with Crippen LogP contribution >= 0.6 is 11.3 Å². The van der Waals surface area contributed by atoms with E-state index in [1.165, 1.54) is 10.4 Å². The van der Waals surface area contributed by atoms with Crippen LogP contribution in [0.25, 0.3) is 0 Å². The van der Waals surface area contributed by atoms with E-state index in [9.17, 15) is 4.79 Å².